The lowest BCUT2D eigenvalue weighted by atomic mass is 9.94. The molecule has 2 unspecified atom stereocenters. The van der Waals surface area contributed by atoms with Crippen molar-refractivity contribution in [1.29, 1.82) is 0 Å². The van der Waals surface area contributed by atoms with Crippen molar-refractivity contribution in [3.05, 3.63) is 28.3 Å². The minimum absolute atomic E-state index is 0.233. The highest BCUT2D eigenvalue weighted by molar-refractivity contribution is 6.31. The van der Waals surface area contributed by atoms with Gasteiger partial charge in [0.1, 0.15) is 5.75 Å². The molecular weight excluding hydrogens is 234 g/mol. The van der Waals surface area contributed by atoms with Gasteiger partial charge in [-0.25, -0.2) is 0 Å². The molecule has 0 saturated carbocycles. The lowest BCUT2D eigenvalue weighted by Gasteiger charge is -2.17. The van der Waals surface area contributed by atoms with Gasteiger partial charge in [0.15, 0.2) is 0 Å². The molecule has 0 aliphatic rings. The van der Waals surface area contributed by atoms with Gasteiger partial charge in [-0.05, 0) is 55.9 Å². The molecule has 17 heavy (non-hydrogen) atoms. The zero-order chi connectivity index (χ0) is 13.0. The molecule has 0 saturated heterocycles. The van der Waals surface area contributed by atoms with Crippen molar-refractivity contribution in [2.45, 2.75) is 39.7 Å². The van der Waals surface area contributed by atoms with Crippen LogP contribution in [0.15, 0.2) is 12.1 Å². The van der Waals surface area contributed by atoms with Crippen LogP contribution in [0.3, 0.4) is 0 Å². The standard InChI is InChI=1S/C14H22ClNO/c1-9(5-11(3)16)6-12-8-13(15)10(2)7-14(12)17-4/h7-9,11H,5-6,16H2,1-4H3. The van der Waals surface area contributed by atoms with E-state index in [1.165, 1.54) is 0 Å². The van der Waals surface area contributed by atoms with Crippen molar-refractivity contribution in [2.24, 2.45) is 11.7 Å². The van der Waals surface area contributed by atoms with E-state index >= 15 is 0 Å². The molecule has 2 nitrogen and oxygen atoms in total. The van der Waals surface area contributed by atoms with Gasteiger partial charge < -0.3 is 10.5 Å². The van der Waals surface area contributed by atoms with Crippen molar-refractivity contribution in [3.8, 4) is 5.75 Å². The summed E-state index contributed by atoms with van der Waals surface area (Å²) in [6, 6.07) is 4.24. The van der Waals surface area contributed by atoms with E-state index < -0.39 is 0 Å². The van der Waals surface area contributed by atoms with Crippen LogP contribution in [0.1, 0.15) is 31.4 Å². The molecule has 0 radical (unpaired) electrons. The minimum Gasteiger partial charge on any atom is -0.496 e. The zero-order valence-electron chi connectivity index (χ0n) is 11.1. The molecule has 0 heterocycles. The maximum atomic E-state index is 6.15. The third-order valence-corrected chi connectivity index (χ3v) is 3.31. The van der Waals surface area contributed by atoms with Crippen molar-refractivity contribution in [1.82, 2.24) is 0 Å². The Balaban J connectivity index is 2.86. The Hall–Kier alpha value is -0.730. The fourth-order valence-corrected chi connectivity index (χ4v) is 2.33. The van der Waals surface area contributed by atoms with Crippen LogP contribution in [0.2, 0.25) is 5.02 Å². The number of halogens is 1. The number of methoxy groups -OCH3 is 1. The fraction of sp³-hybridized carbons (Fsp3) is 0.571. The lowest BCUT2D eigenvalue weighted by molar-refractivity contribution is 0.401. The molecule has 1 aromatic carbocycles. The third kappa shape index (κ3) is 4.21. The highest BCUT2D eigenvalue weighted by Gasteiger charge is 2.12. The monoisotopic (exact) mass is 255 g/mol. The van der Waals surface area contributed by atoms with E-state index in [0.717, 1.165) is 34.7 Å². The Bertz CT molecular complexity index is 377. The van der Waals surface area contributed by atoms with Crippen molar-refractivity contribution < 1.29 is 4.74 Å². The van der Waals surface area contributed by atoms with Gasteiger partial charge in [0.2, 0.25) is 0 Å². The molecule has 0 fully saturated rings. The molecule has 3 heteroatoms. The Labute approximate surface area is 109 Å². The third-order valence-electron chi connectivity index (χ3n) is 2.90. The second-order valence-corrected chi connectivity index (χ2v) is 5.34. The zero-order valence-corrected chi connectivity index (χ0v) is 11.8. The highest BCUT2D eigenvalue weighted by atomic mass is 35.5. The van der Waals surface area contributed by atoms with Crippen LogP contribution in [-0.2, 0) is 6.42 Å². The van der Waals surface area contributed by atoms with Crippen LogP contribution >= 0.6 is 11.6 Å². The molecular formula is C14H22ClNO. The quantitative estimate of drug-likeness (QED) is 0.873. The number of nitrogens with two attached hydrogens (primary N) is 1. The predicted molar refractivity (Wildman–Crippen MR) is 73.9 cm³/mol. The van der Waals surface area contributed by atoms with Crippen LogP contribution in [0, 0.1) is 12.8 Å². The number of benzene rings is 1. The molecule has 0 spiro atoms. The van der Waals surface area contributed by atoms with E-state index in [-0.39, 0.29) is 6.04 Å². The molecule has 2 N–H and O–H groups in total. The first-order chi connectivity index (χ1) is 7.93. The maximum Gasteiger partial charge on any atom is 0.122 e. The van der Waals surface area contributed by atoms with Gasteiger partial charge in [0.25, 0.3) is 0 Å². The Morgan fingerprint density at radius 1 is 1.35 bits per heavy atom. The summed E-state index contributed by atoms with van der Waals surface area (Å²) in [6.07, 6.45) is 1.96. The Kier molecular flexibility index (Phi) is 5.29. The molecule has 1 aromatic rings. The average molecular weight is 256 g/mol. The number of ether oxygens (including phenoxy) is 1. The van der Waals surface area contributed by atoms with Crippen molar-refractivity contribution >= 4 is 11.6 Å². The van der Waals surface area contributed by atoms with E-state index in [9.17, 15) is 0 Å². The summed E-state index contributed by atoms with van der Waals surface area (Å²) in [5.41, 5.74) is 8.03. The van der Waals surface area contributed by atoms with E-state index in [1.807, 2.05) is 26.0 Å². The summed E-state index contributed by atoms with van der Waals surface area (Å²) in [7, 11) is 1.70. The number of hydrogen-bond acceptors (Lipinski definition) is 2. The summed E-state index contributed by atoms with van der Waals surface area (Å²) in [5.74, 6) is 1.45. The van der Waals surface area contributed by atoms with E-state index in [0.29, 0.717) is 5.92 Å². The van der Waals surface area contributed by atoms with Crippen molar-refractivity contribution in [2.75, 3.05) is 7.11 Å². The molecule has 0 aliphatic heterocycles. The van der Waals surface area contributed by atoms with Crippen molar-refractivity contribution in [3.63, 3.8) is 0 Å². The average Bonchev–Trinajstić information content (AvgIpc) is 2.21. The SMILES string of the molecule is COc1cc(C)c(Cl)cc1CC(C)CC(C)N. The summed E-state index contributed by atoms with van der Waals surface area (Å²) >= 11 is 6.15. The van der Waals surface area contributed by atoms with Gasteiger partial charge in [-0.3, -0.25) is 0 Å². The first-order valence-corrected chi connectivity index (χ1v) is 6.40. The van der Waals surface area contributed by atoms with Gasteiger partial charge >= 0.3 is 0 Å². The summed E-state index contributed by atoms with van der Waals surface area (Å²) in [5, 5.41) is 0.800. The number of aryl methyl sites for hydroxylation is 1. The van der Waals surface area contributed by atoms with E-state index in [2.05, 4.69) is 6.92 Å². The van der Waals surface area contributed by atoms with Gasteiger partial charge in [-0.15, -0.1) is 0 Å². The maximum absolute atomic E-state index is 6.15. The summed E-state index contributed by atoms with van der Waals surface area (Å²) < 4.78 is 5.40. The first-order valence-electron chi connectivity index (χ1n) is 6.02. The molecule has 1 rings (SSSR count). The molecule has 0 amide bonds. The lowest BCUT2D eigenvalue weighted by Crippen LogP contribution is -2.19. The molecule has 96 valence electrons. The molecule has 2 atom stereocenters. The smallest absolute Gasteiger partial charge is 0.122 e. The molecule has 0 aromatic heterocycles. The van der Waals surface area contributed by atoms with Crippen LogP contribution in [-0.4, -0.2) is 13.2 Å². The number of hydrogen-bond donors (Lipinski definition) is 1. The second kappa shape index (κ2) is 6.27. The Morgan fingerprint density at radius 3 is 2.53 bits per heavy atom. The second-order valence-electron chi connectivity index (χ2n) is 4.94. The molecule has 0 aliphatic carbocycles. The van der Waals surface area contributed by atoms with Gasteiger partial charge in [-0.2, -0.15) is 0 Å². The highest BCUT2D eigenvalue weighted by Crippen LogP contribution is 2.29. The van der Waals surface area contributed by atoms with Crippen LogP contribution in [0.4, 0.5) is 0 Å². The minimum atomic E-state index is 0.233. The van der Waals surface area contributed by atoms with Gasteiger partial charge in [-0.1, -0.05) is 18.5 Å². The summed E-state index contributed by atoms with van der Waals surface area (Å²) in [6.45, 7) is 6.23. The van der Waals surface area contributed by atoms with Gasteiger partial charge in [0.05, 0.1) is 7.11 Å². The summed E-state index contributed by atoms with van der Waals surface area (Å²) in [4.78, 5) is 0. The van der Waals surface area contributed by atoms with Crippen LogP contribution < -0.4 is 10.5 Å². The van der Waals surface area contributed by atoms with E-state index in [1.54, 1.807) is 7.11 Å². The topological polar surface area (TPSA) is 35.2 Å². The normalized spacial score (nSPS) is 14.5. The Morgan fingerprint density at radius 2 is 2.00 bits per heavy atom. The molecule has 0 bridgehead atoms. The van der Waals surface area contributed by atoms with Crippen LogP contribution in [0.25, 0.3) is 0 Å². The first kappa shape index (κ1) is 14.3. The van der Waals surface area contributed by atoms with Gasteiger partial charge in [0, 0.05) is 11.1 Å². The largest absolute Gasteiger partial charge is 0.496 e. The number of rotatable bonds is 5. The predicted octanol–water partition coefficient (Wildman–Crippen LogP) is 3.57. The van der Waals surface area contributed by atoms with Crippen LogP contribution in [0.5, 0.6) is 5.75 Å². The van der Waals surface area contributed by atoms with E-state index in [4.69, 9.17) is 22.1 Å². The fourth-order valence-electron chi connectivity index (χ4n) is 2.14.